The van der Waals surface area contributed by atoms with Gasteiger partial charge in [0.25, 0.3) is 9.05 Å². The zero-order valence-electron chi connectivity index (χ0n) is 7.81. The third kappa shape index (κ3) is 1.69. The van der Waals surface area contributed by atoms with E-state index in [-0.39, 0.29) is 0 Å². The van der Waals surface area contributed by atoms with Gasteiger partial charge < -0.3 is 0 Å². The van der Waals surface area contributed by atoms with Crippen LogP contribution in [0.2, 0.25) is 0 Å². The molecule has 2 aromatic rings. The Morgan fingerprint density at radius 2 is 1.93 bits per heavy atom. The number of fused-ring (bicyclic) bond motifs is 1. The first-order chi connectivity index (χ1) is 6.98. The maximum Gasteiger partial charge on any atom is 0.280 e. The smallest absolute Gasteiger partial charge is 0.252 e. The molecule has 2 rings (SSSR count). The lowest BCUT2D eigenvalue weighted by molar-refractivity contribution is 0.606. The number of rotatable bonds is 1. The second-order valence-corrected chi connectivity index (χ2v) is 5.05. The first-order valence-corrected chi connectivity index (χ1v) is 5.97. The maximum absolute atomic E-state index is 11.0. The largest absolute Gasteiger partial charge is 0.280 e. The van der Waals surface area contributed by atoms with Crippen LogP contribution in [0.4, 0.5) is 0 Å². The predicted octanol–water partition coefficient (Wildman–Crippen LogP) is 1.56. The summed E-state index contributed by atoms with van der Waals surface area (Å²) in [4.78, 5) is 7.56. The highest BCUT2D eigenvalue weighted by atomic mass is 35.7. The molecule has 4 nitrogen and oxygen atoms in total. The summed E-state index contributed by atoms with van der Waals surface area (Å²) in [6.07, 6.45) is -0.441. The molecule has 72 valence electrons. The molecule has 0 fully saturated rings. The van der Waals surface area contributed by atoms with Gasteiger partial charge in [0, 0.05) is 10.7 Å². The highest BCUT2D eigenvalue weighted by Crippen LogP contribution is 2.14. The monoisotopic (exact) mass is 229 g/mol. The van der Waals surface area contributed by atoms with Crippen LogP contribution in [0, 0.1) is 0 Å². The van der Waals surface area contributed by atoms with Gasteiger partial charge in [-0.3, -0.25) is 4.98 Å². The molecule has 0 atom stereocenters. The molecule has 0 saturated heterocycles. The first kappa shape index (κ1) is 8.14. The molecule has 14 heavy (non-hydrogen) atoms. The molecule has 0 unspecified atom stereocenters. The van der Waals surface area contributed by atoms with Crippen molar-refractivity contribution < 1.29 is 9.79 Å². The van der Waals surface area contributed by atoms with E-state index in [4.69, 9.17) is 12.1 Å². The maximum atomic E-state index is 11.0. The van der Waals surface area contributed by atoms with Gasteiger partial charge in [0.05, 0.1) is 18.6 Å². The molecule has 6 heteroatoms. The average molecular weight is 230 g/mol. The summed E-state index contributed by atoms with van der Waals surface area (Å²) in [5.74, 6) is 0. The Morgan fingerprint density at radius 1 is 1.29 bits per heavy atom. The fourth-order valence-electron chi connectivity index (χ4n) is 1.00. The quantitative estimate of drug-likeness (QED) is 0.697. The molecule has 0 N–H and O–H groups in total. The molecular formula is C8H5ClN2O2S. The number of nitrogens with zero attached hydrogens (tertiary/aromatic N) is 2. The molecular weight excluding hydrogens is 224 g/mol. The van der Waals surface area contributed by atoms with E-state index >= 15 is 0 Å². The van der Waals surface area contributed by atoms with Crippen LogP contribution in [0.3, 0.4) is 0 Å². The first-order valence-electron chi connectivity index (χ1n) is 4.16. The van der Waals surface area contributed by atoms with Crippen molar-refractivity contribution >= 4 is 30.8 Å². The van der Waals surface area contributed by atoms with Gasteiger partial charge in [-0.25, -0.2) is 13.4 Å². The van der Waals surface area contributed by atoms with Crippen molar-refractivity contribution in [2.24, 2.45) is 0 Å². The van der Waals surface area contributed by atoms with E-state index in [0.29, 0.717) is 11.0 Å². The SMILES string of the molecule is [2H]c1nc2ccccc2nc1S(=O)(=O)Cl. The van der Waals surface area contributed by atoms with Crippen LogP contribution < -0.4 is 0 Å². The van der Waals surface area contributed by atoms with Crippen LogP contribution in [-0.2, 0) is 9.05 Å². The zero-order chi connectivity index (χ0) is 11.1. The minimum Gasteiger partial charge on any atom is -0.252 e. The minimum atomic E-state index is -4.01. The topological polar surface area (TPSA) is 59.9 Å². The van der Waals surface area contributed by atoms with Crippen molar-refractivity contribution in [2.75, 3.05) is 0 Å². The van der Waals surface area contributed by atoms with Gasteiger partial charge in [0.15, 0.2) is 5.03 Å². The number of aromatic nitrogens is 2. The molecule has 0 bridgehead atoms. The summed E-state index contributed by atoms with van der Waals surface area (Å²) in [5.41, 5.74) is 0.860. The van der Waals surface area contributed by atoms with Crippen LogP contribution in [0.5, 0.6) is 0 Å². The highest BCUT2D eigenvalue weighted by molar-refractivity contribution is 8.13. The van der Waals surface area contributed by atoms with Crippen LogP contribution >= 0.6 is 10.7 Å². The second-order valence-electron chi connectivity index (χ2n) is 2.57. The lowest BCUT2D eigenvalue weighted by atomic mass is 10.3. The fourth-order valence-corrected chi connectivity index (χ4v) is 1.57. The van der Waals surface area contributed by atoms with E-state index in [2.05, 4.69) is 9.97 Å². The molecule has 1 heterocycles. The Balaban J connectivity index is 2.84. The lowest BCUT2D eigenvalue weighted by Gasteiger charge is -1.97. The average Bonchev–Trinajstić information content (AvgIpc) is 2.15. The van der Waals surface area contributed by atoms with Crippen molar-refractivity contribution in [3.05, 3.63) is 30.4 Å². The normalized spacial score (nSPS) is 12.8. The summed E-state index contributed by atoms with van der Waals surface area (Å²) in [7, 11) is 1.10. The Bertz CT molecular complexity index is 630. The van der Waals surface area contributed by atoms with Crippen LogP contribution in [-0.4, -0.2) is 18.4 Å². The van der Waals surface area contributed by atoms with Crippen molar-refractivity contribution in [1.82, 2.24) is 9.97 Å². The summed E-state index contributed by atoms with van der Waals surface area (Å²) in [5, 5.41) is -0.511. The van der Waals surface area contributed by atoms with Crippen LogP contribution in [0.15, 0.2) is 35.5 Å². The second kappa shape index (κ2) is 3.18. The van der Waals surface area contributed by atoms with E-state index in [0.717, 1.165) is 0 Å². The van der Waals surface area contributed by atoms with Gasteiger partial charge in [0.2, 0.25) is 0 Å². The van der Waals surface area contributed by atoms with Gasteiger partial charge in [0.1, 0.15) is 0 Å². The van der Waals surface area contributed by atoms with E-state index in [9.17, 15) is 8.42 Å². The van der Waals surface area contributed by atoms with Gasteiger partial charge in [-0.1, -0.05) is 12.1 Å². The fraction of sp³-hybridized carbons (Fsp3) is 0. The van der Waals surface area contributed by atoms with E-state index in [1.54, 1.807) is 24.3 Å². The third-order valence-corrected chi connectivity index (χ3v) is 2.69. The molecule has 1 aromatic carbocycles. The number of hydrogen-bond donors (Lipinski definition) is 0. The molecule has 0 amide bonds. The molecule has 1 aromatic heterocycles. The molecule has 0 aliphatic rings. The lowest BCUT2D eigenvalue weighted by Crippen LogP contribution is -1.96. The molecule has 0 saturated carbocycles. The molecule has 0 spiro atoms. The van der Waals surface area contributed by atoms with Gasteiger partial charge in [-0.2, -0.15) is 0 Å². The van der Waals surface area contributed by atoms with Crippen molar-refractivity contribution in [3.8, 4) is 0 Å². The number of para-hydroxylation sites is 2. The highest BCUT2D eigenvalue weighted by Gasteiger charge is 2.12. The van der Waals surface area contributed by atoms with Crippen molar-refractivity contribution in [3.63, 3.8) is 0 Å². The third-order valence-electron chi connectivity index (χ3n) is 1.61. The van der Waals surface area contributed by atoms with Crippen LogP contribution in [0.1, 0.15) is 1.37 Å². The van der Waals surface area contributed by atoms with E-state index in [1.807, 2.05) is 0 Å². The minimum absolute atomic E-state index is 0.396. The van der Waals surface area contributed by atoms with Crippen molar-refractivity contribution in [1.29, 1.82) is 0 Å². The Hall–Kier alpha value is -1.20. The van der Waals surface area contributed by atoms with Gasteiger partial charge in [-0.15, -0.1) is 0 Å². The van der Waals surface area contributed by atoms with Crippen molar-refractivity contribution in [2.45, 2.75) is 5.03 Å². The Labute approximate surface area is 86.4 Å². The van der Waals surface area contributed by atoms with Gasteiger partial charge >= 0.3 is 0 Å². The zero-order valence-corrected chi connectivity index (χ0v) is 8.38. The molecule has 0 radical (unpaired) electrons. The van der Waals surface area contributed by atoms with Crippen LogP contribution in [0.25, 0.3) is 11.0 Å². The molecule has 0 aliphatic carbocycles. The predicted molar refractivity (Wildman–Crippen MR) is 52.6 cm³/mol. The Morgan fingerprint density at radius 3 is 2.57 bits per heavy atom. The summed E-state index contributed by atoms with van der Waals surface area (Å²) in [6.45, 7) is 0. The summed E-state index contributed by atoms with van der Waals surface area (Å²) in [6, 6.07) is 6.68. The number of hydrogen-bond acceptors (Lipinski definition) is 4. The standard InChI is InChI=1S/C8H5ClN2O2S/c9-14(12,13)8-5-10-6-3-1-2-4-7(6)11-8/h1-5H/i5D. The van der Waals surface area contributed by atoms with E-state index in [1.165, 1.54) is 0 Å². The van der Waals surface area contributed by atoms with E-state index < -0.39 is 20.2 Å². The molecule has 0 aliphatic heterocycles. The van der Waals surface area contributed by atoms with Gasteiger partial charge in [-0.05, 0) is 12.1 Å². The number of benzene rings is 1. The number of halogens is 1. The summed E-state index contributed by atoms with van der Waals surface area (Å²) < 4.78 is 29.5. The Kier molecular flexibility index (Phi) is 1.85. The summed E-state index contributed by atoms with van der Waals surface area (Å²) >= 11 is 0.